The molecule has 2 aromatic carbocycles. The van der Waals surface area contributed by atoms with Crippen LogP contribution < -0.4 is 15.8 Å². The summed E-state index contributed by atoms with van der Waals surface area (Å²) in [5, 5.41) is 4.42. The summed E-state index contributed by atoms with van der Waals surface area (Å²) in [5.74, 6) is 1.75. The van der Waals surface area contributed by atoms with Crippen molar-refractivity contribution in [2.45, 2.75) is 25.8 Å². The van der Waals surface area contributed by atoms with Crippen molar-refractivity contribution in [3.63, 3.8) is 0 Å². The number of nitrogens with two attached hydrogens (primary N) is 1. The van der Waals surface area contributed by atoms with Gasteiger partial charge in [-0.05, 0) is 37.2 Å². The number of para-hydroxylation sites is 1. The molecule has 2 heterocycles. The van der Waals surface area contributed by atoms with E-state index in [1.807, 2.05) is 25.1 Å². The van der Waals surface area contributed by atoms with Gasteiger partial charge in [-0.25, -0.2) is 14.8 Å². The number of anilines is 1. The number of nitrogens with zero attached hydrogens (tertiary/aromatic N) is 3. The minimum Gasteiger partial charge on any atom is -0.408 e. The molecule has 1 amide bonds. The van der Waals surface area contributed by atoms with E-state index in [0.29, 0.717) is 23.5 Å². The summed E-state index contributed by atoms with van der Waals surface area (Å²) >= 11 is 0. The first kappa shape index (κ1) is 19.1. The van der Waals surface area contributed by atoms with E-state index < -0.39 is 6.09 Å². The molecule has 1 saturated heterocycles. The first-order chi connectivity index (χ1) is 14.1. The van der Waals surface area contributed by atoms with Gasteiger partial charge in [0.05, 0.1) is 6.04 Å². The number of ether oxygens (including phenoxy) is 1. The summed E-state index contributed by atoms with van der Waals surface area (Å²) in [5.41, 5.74) is 7.01. The number of aryl methyl sites for hydroxylation is 1. The molecule has 4 rings (SSSR count). The normalized spacial score (nSPS) is 14.9. The summed E-state index contributed by atoms with van der Waals surface area (Å²) in [6.07, 6.45) is 1.05. The van der Waals surface area contributed by atoms with Crippen LogP contribution in [0.25, 0.3) is 10.9 Å². The first-order valence-electron chi connectivity index (χ1n) is 9.95. The van der Waals surface area contributed by atoms with Crippen LogP contribution in [0.1, 0.15) is 30.8 Å². The summed E-state index contributed by atoms with van der Waals surface area (Å²) in [7, 11) is 0. The van der Waals surface area contributed by atoms with Crippen LogP contribution in [0.4, 0.5) is 10.6 Å². The van der Waals surface area contributed by atoms with E-state index in [2.05, 4.69) is 39.5 Å². The minimum absolute atomic E-state index is 0.0834. The highest BCUT2D eigenvalue weighted by molar-refractivity contribution is 5.94. The molecule has 3 aromatic rings. The molecule has 7 heteroatoms. The number of carbonyl (C=O) groups excluding carboxylic acids is 1. The Bertz CT molecular complexity index is 1000. The van der Waals surface area contributed by atoms with Crippen LogP contribution in [0, 0.1) is 0 Å². The van der Waals surface area contributed by atoms with Crippen LogP contribution in [0.5, 0.6) is 5.75 Å². The number of hydrogen-bond donors (Lipinski definition) is 2. The van der Waals surface area contributed by atoms with Crippen LogP contribution in [-0.2, 0) is 6.42 Å². The van der Waals surface area contributed by atoms with E-state index >= 15 is 0 Å². The molecule has 3 N–H and O–H groups in total. The topological polar surface area (TPSA) is 93.4 Å². The maximum absolute atomic E-state index is 11.3. The van der Waals surface area contributed by atoms with Crippen molar-refractivity contribution >= 4 is 22.8 Å². The molecule has 1 fully saturated rings. The number of rotatable bonds is 7. The highest BCUT2D eigenvalue weighted by atomic mass is 16.5. The molecule has 1 aliphatic rings. The fourth-order valence-corrected chi connectivity index (χ4v) is 3.54. The number of aromatic nitrogens is 2. The maximum Gasteiger partial charge on any atom is 0.410 e. The Kier molecular flexibility index (Phi) is 5.57. The largest absolute Gasteiger partial charge is 0.410 e. The second-order valence-electron chi connectivity index (χ2n) is 7.18. The molecule has 1 aromatic heterocycles. The van der Waals surface area contributed by atoms with Gasteiger partial charge < -0.3 is 20.7 Å². The molecule has 0 spiro atoms. The number of primary amides is 1. The van der Waals surface area contributed by atoms with Crippen molar-refractivity contribution in [3.05, 3.63) is 59.9 Å². The number of likely N-dealkylation sites (tertiary alicyclic amines) is 1. The molecule has 1 atom stereocenters. The summed E-state index contributed by atoms with van der Waals surface area (Å²) in [6.45, 7) is 5.13. The number of carbonyl (C=O) groups is 1. The highest BCUT2D eigenvalue weighted by Crippen LogP contribution is 2.31. The van der Waals surface area contributed by atoms with Crippen molar-refractivity contribution in [2.75, 3.05) is 25.0 Å². The molecule has 0 radical (unpaired) electrons. The SMILES string of the molecule is CCc1nc(N[C@H](CN2CCC2)c2ccccc2)c2cccc(OC(N)=O)c2n1. The predicted octanol–water partition coefficient (Wildman–Crippen LogP) is 3.51. The lowest BCUT2D eigenvalue weighted by Crippen LogP contribution is -2.41. The smallest absolute Gasteiger partial charge is 0.408 e. The zero-order valence-electron chi connectivity index (χ0n) is 16.5. The van der Waals surface area contributed by atoms with E-state index in [0.717, 1.165) is 30.8 Å². The Morgan fingerprint density at radius 1 is 1.17 bits per heavy atom. The summed E-state index contributed by atoms with van der Waals surface area (Å²) < 4.78 is 5.18. The number of nitrogens with one attached hydrogen (secondary N) is 1. The molecule has 0 saturated carbocycles. The molecule has 29 heavy (non-hydrogen) atoms. The van der Waals surface area contributed by atoms with Gasteiger partial charge in [0.2, 0.25) is 0 Å². The predicted molar refractivity (Wildman–Crippen MR) is 113 cm³/mol. The van der Waals surface area contributed by atoms with Gasteiger partial charge in [0.15, 0.2) is 5.75 Å². The van der Waals surface area contributed by atoms with Gasteiger partial charge >= 0.3 is 6.09 Å². The van der Waals surface area contributed by atoms with Gasteiger partial charge in [0.25, 0.3) is 0 Å². The first-order valence-corrected chi connectivity index (χ1v) is 9.95. The molecule has 1 aliphatic heterocycles. The van der Waals surface area contributed by atoms with Crippen molar-refractivity contribution in [3.8, 4) is 5.75 Å². The third-order valence-corrected chi connectivity index (χ3v) is 5.16. The van der Waals surface area contributed by atoms with Crippen molar-refractivity contribution < 1.29 is 9.53 Å². The standard InChI is InChI=1S/C22H25N5O2/c1-2-19-25-20-16(10-6-11-18(20)29-22(23)28)21(26-19)24-17(14-27-12-7-13-27)15-8-4-3-5-9-15/h3-6,8-11,17H,2,7,12-14H2,1H3,(H2,23,28)(H,24,25,26)/t17-/m1/s1. The van der Waals surface area contributed by atoms with Crippen LogP contribution in [0.3, 0.4) is 0 Å². The lowest BCUT2D eigenvalue weighted by atomic mass is 10.0. The number of benzene rings is 2. The molecule has 150 valence electrons. The van der Waals surface area contributed by atoms with E-state index in [4.69, 9.17) is 15.5 Å². The lowest BCUT2D eigenvalue weighted by Gasteiger charge is -2.35. The van der Waals surface area contributed by atoms with Gasteiger partial charge in [0, 0.05) is 18.4 Å². The van der Waals surface area contributed by atoms with Gasteiger partial charge in [-0.1, -0.05) is 43.3 Å². The van der Waals surface area contributed by atoms with E-state index in [-0.39, 0.29) is 6.04 Å². The number of amides is 1. The molecular weight excluding hydrogens is 366 g/mol. The number of fused-ring (bicyclic) bond motifs is 1. The zero-order valence-corrected chi connectivity index (χ0v) is 16.5. The maximum atomic E-state index is 11.3. The second-order valence-corrected chi connectivity index (χ2v) is 7.18. The third-order valence-electron chi connectivity index (χ3n) is 5.16. The quantitative estimate of drug-likeness (QED) is 0.640. The molecule has 0 unspecified atom stereocenters. The van der Waals surface area contributed by atoms with Crippen molar-refractivity contribution in [2.24, 2.45) is 5.73 Å². The Morgan fingerprint density at radius 3 is 2.62 bits per heavy atom. The van der Waals surface area contributed by atoms with Crippen molar-refractivity contribution in [1.29, 1.82) is 0 Å². The molecule has 7 nitrogen and oxygen atoms in total. The van der Waals surface area contributed by atoms with Gasteiger partial charge in [-0.15, -0.1) is 0 Å². The Morgan fingerprint density at radius 2 is 1.97 bits per heavy atom. The molecule has 0 bridgehead atoms. The Balaban J connectivity index is 1.75. The third kappa shape index (κ3) is 4.30. The van der Waals surface area contributed by atoms with Gasteiger partial charge in [0.1, 0.15) is 17.2 Å². The fourth-order valence-electron chi connectivity index (χ4n) is 3.54. The fraction of sp³-hybridized carbons (Fsp3) is 0.318. The minimum atomic E-state index is -0.858. The average Bonchev–Trinajstić information content (AvgIpc) is 2.70. The van der Waals surface area contributed by atoms with E-state index in [1.54, 1.807) is 6.07 Å². The summed E-state index contributed by atoms with van der Waals surface area (Å²) in [6, 6.07) is 15.9. The van der Waals surface area contributed by atoms with Crippen molar-refractivity contribution in [1.82, 2.24) is 14.9 Å². The zero-order chi connectivity index (χ0) is 20.2. The van der Waals surface area contributed by atoms with Crippen LogP contribution in [0.2, 0.25) is 0 Å². The van der Waals surface area contributed by atoms with Gasteiger partial charge in [-0.2, -0.15) is 0 Å². The van der Waals surface area contributed by atoms with Gasteiger partial charge in [-0.3, -0.25) is 0 Å². The van der Waals surface area contributed by atoms with Crippen LogP contribution in [-0.4, -0.2) is 40.6 Å². The number of hydrogen-bond acceptors (Lipinski definition) is 6. The lowest BCUT2D eigenvalue weighted by molar-refractivity contribution is 0.174. The summed E-state index contributed by atoms with van der Waals surface area (Å²) in [4.78, 5) is 23.1. The monoisotopic (exact) mass is 391 g/mol. The molecular formula is C22H25N5O2. The Hall–Kier alpha value is -3.19. The van der Waals surface area contributed by atoms with Crippen LogP contribution >= 0.6 is 0 Å². The van der Waals surface area contributed by atoms with Crippen LogP contribution in [0.15, 0.2) is 48.5 Å². The van der Waals surface area contributed by atoms with E-state index in [1.165, 1.54) is 12.0 Å². The highest BCUT2D eigenvalue weighted by Gasteiger charge is 2.22. The Labute approximate surface area is 169 Å². The second kappa shape index (κ2) is 8.45. The van der Waals surface area contributed by atoms with E-state index in [9.17, 15) is 4.79 Å². The average molecular weight is 391 g/mol. The molecule has 0 aliphatic carbocycles.